The molecule has 1 saturated carbocycles. The fourth-order valence-electron chi connectivity index (χ4n) is 1.71. The van der Waals surface area contributed by atoms with Gasteiger partial charge >= 0.3 is 0 Å². The van der Waals surface area contributed by atoms with E-state index in [9.17, 15) is 4.79 Å². The summed E-state index contributed by atoms with van der Waals surface area (Å²) in [5, 5.41) is 10.7. The summed E-state index contributed by atoms with van der Waals surface area (Å²) in [5.74, 6) is 0.179. The number of aliphatic hydroxyl groups excluding tert-OH is 1. The minimum Gasteiger partial charge on any atom is -0.393 e. The second kappa shape index (κ2) is 2.96. The van der Waals surface area contributed by atoms with E-state index < -0.39 is 0 Å². The maximum absolute atomic E-state index is 11.4. The van der Waals surface area contributed by atoms with Gasteiger partial charge in [0.15, 0.2) is 0 Å². The lowest BCUT2D eigenvalue weighted by Crippen LogP contribution is -2.39. The smallest absolute Gasteiger partial charge is 0.238 e. The fraction of sp³-hybridized carbons (Fsp3) is 0.889. The van der Waals surface area contributed by atoms with Crippen molar-refractivity contribution >= 4 is 5.91 Å². The number of hydrogen-bond donors (Lipinski definition) is 2. The van der Waals surface area contributed by atoms with E-state index in [0.717, 1.165) is 12.8 Å². The summed E-state index contributed by atoms with van der Waals surface area (Å²) in [6, 6.07) is 0. The van der Waals surface area contributed by atoms with E-state index in [1.54, 1.807) is 11.9 Å². The van der Waals surface area contributed by atoms with Crippen molar-refractivity contribution in [3.8, 4) is 0 Å². The van der Waals surface area contributed by atoms with Gasteiger partial charge in [0.1, 0.15) is 0 Å². The van der Waals surface area contributed by atoms with Crippen LogP contribution in [0.1, 0.15) is 32.6 Å². The second-order valence-corrected chi connectivity index (χ2v) is 4.25. The highest BCUT2D eigenvalue weighted by Crippen LogP contribution is 2.42. The van der Waals surface area contributed by atoms with E-state index in [4.69, 9.17) is 5.11 Å². The molecule has 2 fully saturated rings. The van der Waals surface area contributed by atoms with Crippen LogP contribution in [0.5, 0.6) is 0 Å². The molecule has 1 spiro atoms. The Morgan fingerprint density at radius 3 is 2.85 bits per heavy atom. The van der Waals surface area contributed by atoms with Crippen LogP contribution in [0, 0.1) is 0 Å². The van der Waals surface area contributed by atoms with Gasteiger partial charge in [-0.05, 0) is 26.2 Å². The Kier molecular flexibility index (Phi) is 2.04. The van der Waals surface area contributed by atoms with Crippen LogP contribution in [0.4, 0.5) is 0 Å². The molecule has 0 aromatic rings. The normalized spacial score (nSPS) is 26.9. The monoisotopic (exact) mass is 184 g/mol. The van der Waals surface area contributed by atoms with E-state index in [1.807, 2.05) is 0 Å². The average molecular weight is 184 g/mol. The molecule has 0 radical (unpaired) electrons. The van der Waals surface area contributed by atoms with Crippen LogP contribution in [0.2, 0.25) is 0 Å². The molecule has 1 heterocycles. The zero-order valence-corrected chi connectivity index (χ0v) is 7.92. The molecule has 1 aliphatic heterocycles. The first-order chi connectivity index (χ1) is 6.11. The lowest BCUT2D eigenvalue weighted by molar-refractivity contribution is -0.129. The third kappa shape index (κ3) is 1.84. The zero-order valence-electron chi connectivity index (χ0n) is 7.92. The van der Waals surface area contributed by atoms with Crippen molar-refractivity contribution in [1.82, 2.24) is 10.4 Å². The van der Waals surface area contributed by atoms with Crippen molar-refractivity contribution in [3.05, 3.63) is 0 Å². The predicted molar refractivity (Wildman–Crippen MR) is 47.7 cm³/mol. The largest absolute Gasteiger partial charge is 0.393 e. The van der Waals surface area contributed by atoms with Gasteiger partial charge in [0.05, 0.1) is 6.10 Å². The van der Waals surface area contributed by atoms with Crippen LogP contribution in [-0.4, -0.2) is 34.2 Å². The molecule has 1 saturated heterocycles. The van der Waals surface area contributed by atoms with Crippen molar-refractivity contribution in [2.75, 3.05) is 6.54 Å². The van der Waals surface area contributed by atoms with Crippen molar-refractivity contribution in [1.29, 1.82) is 0 Å². The molecule has 1 aliphatic carbocycles. The summed E-state index contributed by atoms with van der Waals surface area (Å²) in [6.45, 7) is 2.37. The number of hydrogen-bond acceptors (Lipinski definition) is 3. The van der Waals surface area contributed by atoms with E-state index in [1.165, 1.54) is 0 Å². The van der Waals surface area contributed by atoms with E-state index >= 15 is 0 Å². The number of amides is 1. The highest BCUT2D eigenvalue weighted by Gasteiger charge is 2.51. The van der Waals surface area contributed by atoms with Crippen molar-refractivity contribution < 1.29 is 9.90 Å². The third-order valence-electron chi connectivity index (χ3n) is 2.79. The summed E-state index contributed by atoms with van der Waals surface area (Å²) in [7, 11) is 0. The van der Waals surface area contributed by atoms with Gasteiger partial charge < -0.3 is 5.11 Å². The van der Waals surface area contributed by atoms with Gasteiger partial charge in [0, 0.05) is 18.5 Å². The van der Waals surface area contributed by atoms with Gasteiger partial charge in [0.2, 0.25) is 5.91 Å². The number of carbonyl (C=O) groups is 1. The number of rotatable bonds is 3. The maximum Gasteiger partial charge on any atom is 0.238 e. The number of aliphatic hydroxyl groups is 1. The predicted octanol–water partition coefficient (Wildman–Crippen LogP) is 0.0268. The van der Waals surface area contributed by atoms with Crippen LogP contribution in [-0.2, 0) is 4.79 Å². The lowest BCUT2D eigenvalue weighted by atomic mass is 10.2. The molecule has 13 heavy (non-hydrogen) atoms. The molecule has 2 N–H and O–H groups in total. The molecule has 2 rings (SSSR count). The number of hydrazine groups is 1. The Morgan fingerprint density at radius 1 is 1.69 bits per heavy atom. The molecule has 0 bridgehead atoms. The number of nitrogens with one attached hydrogen (secondary N) is 1. The van der Waals surface area contributed by atoms with E-state index in [0.29, 0.717) is 19.4 Å². The minimum atomic E-state index is -0.328. The summed E-state index contributed by atoms with van der Waals surface area (Å²) >= 11 is 0. The first kappa shape index (κ1) is 8.97. The average Bonchev–Trinajstić information content (AvgIpc) is 2.69. The first-order valence-corrected chi connectivity index (χ1v) is 4.88. The quantitative estimate of drug-likeness (QED) is 0.650. The van der Waals surface area contributed by atoms with Gasteiger partial charge in [0.25, 0.3) is 0 Å². The lowest BCUT2D eigenvalue weighted by Gasteiger charge is -2.18. The molecular formula is C9H16N2O2. The van der Waals surface area contributed by atoms with Crippen LogP contribution >= 0.6 is 0 Å². The van der Waals surface area contributed by atoms with Crippen molar-refractivity contribution in [2.45, 2.75) is 44.2 Å². The SMILES string of the molecule is CC(O)CCN1NC2(CC2)CC1=O. The van der Waals surface area contributed by atoms with E-state index in [2.05, 4.69) is 5.43 Å². The molecule has 2 aliphatic rings. The fourth-order valence-corrected chi connectivity index (χ4v) is 1.71. The van der Waals surface area contributed by atoms with Gasteiger partial charge in [-0.15, -0.1) is 0 Å². The third-order valence-corrected chi connectivity index (χ3v) is 2.79. The molecule has 74 valence electrons. The Bertz CT molecular complexity index is 224. The van der Waals surface area contributed by atoms with Crippen LogP contribution in [0.3, 0.4) is 0 Å². The summed E-state index contributed by atoms with van der Waals surface area (Å²) in [5.41, 5.74) is 3.34. The zero-order chi connectivity index (χ0) is 9.47. The molecule has 1 unspecified atom stereocenters. The summed E-state index contributed by atoms with van der Waals surface area (Å²) in [6.07, 6.45) is 3.19. The molecule has 0 aromatic carbocycles. The second-order valence-electron chi connectivity index (χ2n) is 4.25. The summed E-state index contributed by atoms with van der Waals surface area (Å²) < 4.78 is 0. The highest BCUT2D eigenvalue weighted by molar-refractivity contribution is 5.80. The van der Waals surface area contributed by atoms with Crippen molar-refractivity contribution in [3.63, 3.8) is 0 Å². The number of carbonyl (C=O) groups excluding carboxylic acids is 1. The first-order valence-electron chi connectivity index (χ1n) is 4.88. The Hall–Kier alpha value is -0.610. The topological polar surface area (TPSA) is 52.6 Å². The summed E-state index contributed by atoms with van der Waals surface area (Å²) in [4.78, 5) is 11.4. The molecule has 4 nitrogen and oxygen atoms in total. The van der Waals surface area contributed by atoms with Crippen LogP contribution in [0.25, 0.3) is 0 Å². The molecular weight excluding hydrogens is 168 g/mol. The van der Waals surface area contributed by atoms with E-state index in [-0.39, 0.29) is 17.6 Å². The Morgan fingerprint density at radius 2 is 2.38 bits per heavy atom. The molecule has 4 heteroatoms. The maximum atomic E-state index is 11.4. The van der Waals surface area contributed by atoms with Gasteiger partial charge in [-0.1, -0.05) is 0 Å². The van der Waals surface area contributed by atoms with Crippen LogP contribution < -0.4 is 5.43 Å². The minimum absolute atomic E-state index is 0.121. The van der Waals surface area contributed by atoms with Gasteiger partial charge in [-0.3, -0.25) is 9.80 Å². The Balaban J connectivity index is 1.83. The van der Waals surface area contributed by atoms with Crippen molar-refractivity contribution in [2.24, 2.45) is 0 Å². The molecule has 1 amide bonds. The Labute approximate surface area is 77.9 Å². The van der Waals surface area contributed by atoms with Crippen LogP contribution in [0.15, 0.2) is 0 Å². The van der Waals surface area contributed by atoms with Gasteiger partial charge in [-0.2, -0.15) is 0 Å². The van der Waals surface area contributed by atoms with Gasteiger partial charge in [-0.25, -0.2) is 5.43 Å². The number of nitrogens with zero attached hydrogens (tertiary/aromatic N) is 1. The highest BCUT2D eigenvalue weighted by atomic mass is 16.3. The molecule has 1 atom stereocenters. The standard InChI is InChI=1S/C9H16N2O2/c1-7(12)2-5-11-8(13)6-9(10-11)3-4-9/h7,10,12H,2-6H2,1H3. The molecule has 0 aromatic heterocycles.